The smallest absolute Gasteiger partial charge is 0.252 e. The summed E-state index contributed by atoms with van der Waals surface area (Å²) in [5.74, 6) is 3.63. The second-order valence-electron chi connectivity index (χ2n) is 4.05. The molecule has 1 aromatic rings. The van der Waals surface area contributed by atoms with E-state index in [1.165, 1.54) is 0 Å². The Bertz CT molecular complexity index is 490. The molecule has 0 radical (unpaired) electrons. The van der Waals surface area contributed by atoms with Gasteiger partial charge < -0.3 is 14.8 Å². The van der Waals surface area contributed by atoms with E-state index >= 15 is 0 Å². The molecule has 1 N–H and O–H groups in total. The molecule has 0 aliphatic carbocycles. The summed E-state index contributed by atoms with van der Waals surface area (Å²) < 4.78 is 10.4. The van der Waals surface area contributed by atoms with Gasteiger partial charge in [-0.05, 0) is 24.6 Å². The number of ether oxygens (including phenoxy) is 2. The summed E-state index contributed by atoms with van der Waals surface area (Å²) in [6, 6.07) is 4.86. The number of fused-ring (bicyclic) bond motifs is 1. The number of hydrogen-bond acceptors (Lipinski definition) is 3. The van der Waals surface area contributed by atoms with E-state index in [1.54, 1.807) is 18.2 Å². The lowest BCUT2D eigenvalue weighted by Gasteiger charge is -2.12. The molecule has 4 heteroatoms. The van der Waals surface area contributed by atoms with Crippen molar-refractivity contribution in [1.29, 1.82) is 0 Å². The predicted molar refractivity (Wildman–Crippen MR) is 67.6 cm³/mol. The van der Waals surface area contributed by atoms with Gasteiger partial charge in [-0.1, -0.05) is 19.3 Å². The maximum atomic E-state index is 12.0. The monoisotopic (exact) mass is 245 g/mol. The molecule has 94 valence electrons. The summed E-state index contributed by atoms with van der Waals surface area (Å²) in [5.41, 5.74) is 0.524. The van der Waals surface area contributed by atoms with Crippen LogP contribution in [-0.4, -0.2) is 18.7 Å². The van der Waals surface area contributed by atoms with E-state index in [0.717, 1.165) is 12.8 Å². The number of carbonyl (C=O) groups excluding carboxylic acids is 1. The first kappa shape index (κ1) is 12.3. The molecule has 0 saturated heterocycles. The molecule has 1 unspecified atom stereocenters. The molecule has 0 aromatic heterocycles. The quantitative estimate of drug-likeness (QED) is 0.825. The Hall–Kier alpha value is -2.15. The predicted octanol–water partition coefficient (Wildman–Crippen LogP) is 1.95. The van der Waals surface area contributed by atoms with Crippen LogP contribution in [0.5, 0.6) is 11.5 Å². The van der Waals surface area contributed by atoms with Crippen molar-refractivity contribution in [2.75, 3.05) is 6.79 Å². The highest BCUT2D eigenvalue weighted by Gasteiger charge is 2.17. The third kappa shape index (κ3) is 2.57. The van der Waals surface area contributed by atoms with E-state index in [1.807, 2.05) is 6.92 Å². The topological polar surface area (TPSA) is 47.6 Å². The van der Waals surface area contributed by atoms with Crippen LogP contribution in [0.1, 0.15) is 30.1 Å². The van der Waals surface area contributed by atoms with Crippen molar-refractivity contribution in [3.05, 3.63) is 23.8 Å². The summed E-state index contributed by atoms with van der Waals surface area (Å²) in [5, 5.41) is 2.80. The number of nitrogens with one attached hydrogen (secondary N) is 1. The van der Waals surface area contributed by atoms with Gasteiger partial charge in [0.25, 0.3) is 5.91 Å². The van der Waals surface area contributed by atoms with Crippen LogP contribution in [-0.2, 0) is 0 Å². The molecular formula is C14H15NO3. The van der Waals surface area contributed by atoms with Crippen LogP contribution in [0.25, 0.3) is 0 Å². The van der Waals surface area contributed by atoms with Gasteiger partial charge in [-0.2, -0.15) is 0 Å². The van der Waals surface area contributed by atoms with E-state index in [2.05, 4.69) is 11.2 Å². The fraction of sp³-hybridized carbons (Fsp3) is 0.357. The normalized spacial score (nSPS) is 13.8. The highest BCUT2D eigenvalue weighted by molar-refractivity contribution is 5.95. The van der Waals surface area contributed by atoms with Gasteiger partial charge in [-0.25, -0.2) is 0 Å². The lowest BCUT2D eigenvalue weighted by Crippen LogP contribution is -2.33. The average molecular weight is 245 g/mol. The number of amides is 1. The minimum atomic E-state index is -0.229. The minimum Gasteiger partial charge on any atom is -0.454 e. The van der Waals surface area contributed by atoms with Crippen LogP contribution < -0.4 is 14.8 Å². The van der Waals surface area contributed by atoms with Crippen LogP contribution >= 0.6 is 0 Å². The Balaban J connectivity index is 2.07. The molecule has 1 heterocycles. The van der Waals surface area contributed by atoms with Crippen molar-refractivity contribution in [2.24, 2.45) is 0 Å². The molecule has 18 heavy (non-hydrogen) atoms. The summed E-state index contributed by atoms with van der Waals surface area (Å²) in [6.45, 7) is 2.22. The zero-order valence-electron chi connectivity index (χ0n) is 10.2. The second-order valence-corrected chi connectivity index (χ2v) is 4.05. The van der Waals surface area contributed by atoms with Gasteiger partial charge in [0.1, 0.15) is 0 Å². The molecular weight excluding hydrogens is 230 g/mol. The van der Waals surface area contributed by atoms with Gasteiger partial charge in [0.15, 0.2) is 11.5 Å². The third-order valence-electron chi connectivity index (χ3n) is 2.72. The minimum absolute atomic E-state index is 0.190. The molecule has 0 spiro atoms. The van der Waals surface area contributed by atoms with Crippen LogP contribution in [0, 0.1) is 12.3 Å². The molecule has 1 aliphatic rings. The van der Waals surface area contributed by atoms with E-state index < -0.39 is 0 Å². The molecule has 4 nitrogen and oxygen atoms in total. The lowest BCUT2D eigenvalue weighted by molar-refractivity contribution is 0.0944. The highest BCUT2D eigenvalue weighted by Crippen LogP contribution is 2.32. The summed E-state index contributed by atoms with van der Waals surface area (Å²) in [6.07, 6.45) is 7.06. The summed E-state index contributed by atoms with van der Waals surface area (Å²) in [7, 11) is 0. The molecule has 0 bridgehead atoms. The molecule has 1 aromatic carbocycles. The molecule has 0 saturated carbocycles. The highest BCUT2D eigenvalue weighted by atomic mass is 16.7. The molecule has 1 amide bonds. The van der Waals surface area contributed by atoms with E-state index in [9.17, 15) is 4.79 Å². The van der Waals surface area contributed by atoms with Crippen molar-refractivity contribution in [3.8, 4) is 23.8 Å². The molecule has 0 fully saturated rings. The van der Waals surface area contributed by atoms with Gasteiger partial charge in [0.05, 0.1) is 6.04 Å². The standard InChI is InChI=1S/C14H15NO3/c1-3-5-11(4-2)15-14(16)10-6-7-12-13(8-10)18-9-17-12/h2,6-8,11H,3,5,9H2,1H3,(H,15,16). The number of carbonyl (C=O) groups is 1. The van der Waals surface area contributed by atoms with E-state index in [0.29, 0.717) is 17.1 Å². The Labute approximate surface area is 106 Å². The second kappa shape index (κ2) is 5.46. The Morgan fingerprint density at radius 1 is 1.50 bits per heavy atom. The summed E-state index contributed by atoms with van der Waals surface area (Å²) >= 11 is 0. The zero-order valence-corrected chi connectivity index (χ0v) is 10.2. The van der Waals surface area contributed by atoms with Gasteiger partial charge in [-0.15, -0.1) is 6.42 Å². The van der Waals surface area contributed by atoms with Crippen LogP contribution in [0.15, 0.2) is 18.2 Å². The first-order valence-electron chi connectivity index (χ1n) is 5.91. The SMILES string of the molecule is C#CC(CCC)NC(=O)c1ccc2c(c1)OCO2. The summed E-state index contributed by atoms with van der Waals surface area (Å²) in [4.78, 5) is 12.0. The third-order valence-corrected chi connectivity index (χ3v) is 2.72. The lowest BCUT2D eigenvalue weighted by atomic mass is 10.1. The maximum Gasteiger partial charge on any atom is 0.252 e. The van der Waals surface area contributed by atoms with E-state index in [4.69, 9.17) is 15.9 Å². The van der Waals surface area contributed by atoms with Crippen molar-refractivity contribution < 1.29 is 14.3 Å². The fourth-order valence-electron chi connectivity index (χ4n) is 1.77. The number of terminal acetylenes is 1. The molecule has 1 aliphatic heterocycles. The van der Waals surface area contributed by atoms with Crippen LogP contribution in [0.4, 0.5) is 0 Å². The van der Waals surface area contributed by atoms with Crippen molar-refractivity contribution in [3.63, 3.8) is 0 Å². The van der Waals surface area contributed by atoms with Gasteiger partial charge in [-0.3, -0.25) is 4.79 Å². The molecule has 2 rings (SSSR count). The Kier molecular flexibility index (Phi) is 3.73. The van der Waals surface area contributed by atoms with Gasteiger partial charge in [0, 0.05) is 5.56 Å². The first-order valence-corrected chi connectivity index (χ1v) is 5.91. The van der Waals surface area contributed by atoms with Gasteiger partial charge >= 0.3 is 0 Å². The van der Waals surface area contributed by atoms with E-state index in [-0.39, 0.29) is 18.7 Å². The molecule has 1 atom stereocenters. The number of hydrogen-bond donors (Lipinski definition) is 1. The number of rotatable bonds is 4. The van der Waals surface area contributed by atoms with Crippen LogP contribution in [0.2, 0.25) is 0 Å². The average Bonchev–Trinajstić information content (AvgIpc) is 2.85. The number of benzene rings is 1. The van der Waals surface area contributed by atoms with Crippen molar-refractivity contribution in [1.82, 2.24) is 5.32 Å². The van der Waals surface area contributed by atoms with Crippen molar-refractivity contribution in [2.45, 2.75) is 25.8 Å². The Morgan fingerprint density at radius 3 is 3.00 bits per heavy atom. The maximum absolute atomic E-state index is 12.0. The largest absolute Gasteiger partial charge is 0.454 e. The van der Waals surface area contributed by atoms with Gasteiger partial charge in [0.2, 0.25) is 6.79 Å². The van der Waals surface area contributed by atoms with Crippen molar-refractivity contribution >= 4 is 5.91 Å². The van der Waals surface area contributed by atoms with Crippen LogP contribution in [0.3, 0.4) is 0 Å². The Morgan fingerprint density at radius 2 is 2.28 bits per heavy atom. The fourth-order valence-corrected chi connectivity index (χ4v) is 1.77. The first-order chi connectivity index (χ1) is 8.74. The zero-order chi connectivity index (χ0) is 13.0.